The molecule has 0 saturated carbocycles. The van der Waals surface area contributed by atoms with Crippen molar-refractivity contribution in [3.8, 4) is 0 Å². The van der Waals surface area contributed by atoms with E-state index >= 15 is 0 Å². The van der Waals surface area contributed by atoms with Gasteiger partial charge in [-0.25, -0.2) is 22.0 Å². The smallest absolute Gasteiger partial charge is 0.200 e. The van der Waals surface area contributed by atoms with E-state index in [1.807, 2.05) is 43.3 Å². The number of fused-ring (bicyclic) bond motifs is 1. The minimum Gasteiger partial charge on any atom is -0.203 e. The van der Waals surface area contributed by atoms with Crippen LogP contribution in [0, 0.1) is 35.5 Å². The maximum Gasteiger partial charge on any atom is 0.200 e. The second kappa shape index (κ2) is 6.82. The molecule has 0 bridgehead atoms. The standard InChI is InChI=1S/C20H14F5/c1-2-13-12(8-7-11-5-3-4-6-14(11)13)9-10-15-16(21)18(23)20(25)19(24)17(15)22/h3-8,10H,2,9H2,1H3. The lowest BCUT2D eigenvalue weighted by atomic mass is 9.93. The first-order chi connectivity index (χ1) is 12.0. The van der Waals surface area contributed by atoms with Gasteiger partial charge in [-0.3, -0.25) is 0 Å². The molecular formula is C20H14F5. The van der Waals surface area contributed by atoms with Crippen LogP contribution in [0.5, 0.6) is 0 Å². The Morgan fingerprint density at radius 1 is 0.760 bits per heavy atom. The Kier molecular flexibility index (Phi) is 4.75. The molecule has 25 heavy (non-hydrogen) atoms. The summed E-state index contributed by atoms with van der Waals surface area (Å²) < 4.78 is 67.3. The fraction of sp³-hybridized carbons (Fsp3) is 0.150. The fourth-order valence-corrected chi connectivity index (χ4v) is 3.00. The molecule has 0 amide bonds. The molecule has 129 valence electrons. The number of hydrogen-bond donors (Lipinski definition) is 0. The molecule has 0 aliphatic rings. The molecule has 0 nitrogen and oxygen atoms in total. The number of hydrogen-bond acceptors (Lipinski definition) is 0. The van der Waals surface area contributed by atoms with Gasteiger partial charge in [0.2, 0.25) is 5.82 Å². The quantitative estimate of drug-likeness (QED) is 0.313. The molecule has 3 rings (SSSR count). The zero-order valence-electron chi connectivity index (χ0n) is 13.3. The second-order valence-electron chi connectivity index (χ2n) is 5.67. The van der Waals surface area contributed by atoms with Gasteiger partial charge in [0.1, 0.15) is 0 Å². The van der Waals surface area contributed by atoms with Crippen LogP contribution in [0.15, 0.2) is 36.4 Å². The maximum absolute atomic E-state index is 13.8. The van der Waals surface area contributed by atoms with Crippen molar-refractivity contribution in [2.24, 2.45) is 0 Å². The first-order valence-electron chi connectivity index (χ1n) is 7.79. The summed E-state index contributed by atoms with van der Waals surface area (Å²) >= 11 is 0. The molecule has 0 aromatic heterocycles. The van der Waals surface area contributed by atoms with Gasteiger partial charge < -0.3 is 0 Å². The van der Waals surface area contributed by atoms with Crippen molar-refractivity contribution in [1.29, 1.82) is 0 Å². The number of rotatable bonds is 4. The number of halogens is 5. The molecule has 0 saturated heterocycles. The van der Waals surface area contributed by atoms with Gasteiger partial charge in [-0.2, -0.15) is 0 Å². The first-order valence-corrected chi connectivity index (χ1v) is 7.79. The van der Waals surface area contributed by atoms with E-state index in [2.05, 4.69) is 0 Å². The van der Waals surface area contributed by atoms with Crippen molar-refractivity contribution in [3.63, 3.8) is 0 Å². The first kappa shape index (κ1) is 17.4. The molecule has 0 N–H and O–H groups in total. The molecule has 0 aliphatic heterocycles. The molecule has 3 aromatic rings. The third kappa shape index (κ3) is 2.99. The highest BCUT2D eigenvalue weighted by Crippen LogP contribution is 2.28. The summed E-state index contributed by atoms with van der Waals surface area (Å²) in [6.07, 6.45) is 1.79. The van der Waals surface area contributed by atoms with E-state index in [1.165, 1.54) is 0 Å². The monoisotopic (exact) mass is 349 g/mol. The van der Waals surface area contributed by atoms with Crippen LogP contribution >= 0.6 is 0 Å². The van der Waals surface area contributed by atoms with Crippen LogP contribution in [-0.2, 0) is 12.8 Å². The zero-order valence-corrected chi connectivity index (χ0v) is 13.3. The molecule has 0 unspecified atom stereocenters. The minimum absolute atomic E-state index is 0.0619. The van der Waals surface area contributed by atoms with Gasteiger partial charge in [0, 0.05) is 12.0 Å². The largest absolute Gasteiger partial charge is 0.203 e. The Morgan fingerprint density at radius 2 is 1.36 bits per heavy atom. The average Bonchev–Trinajstić information content (AvgIpc) is 2.64. The highest BCUT2D eigenvalue weighted by molar-refractivity contribution is 5.86. The fourth-order valence-electron chi connectivity index (χ4n) is 3.00. The van der Waals surface area contributed by atoms with E-state index < -0.39 is 34.6 Å². The lowest BCUT2D eigenvalue weighted by molar-refractivity contribution is 0.374. The van der Waals surface area contributed by atoms with Gasteiger partial charge in [-0.05, 0) is 34.7 Å². The highest BCUT2D eigenvalue weighted by atomic mass is 19.2. The zero-order chi connectivity index (χ0) is 18.1. The van der Waals surface area contributed by atoms with Crippen LogP contribution in [0.3, 0.4) is 0 Å². The molecular weight excluding hydrogens is 335 g/mol. The molecule has 0 atom stereocenters. The summed E-state index contributed by atoms with van der Waals surface area (Å²) in [6, 6.07) is 11.4. The molecule has 0 heterocycles. The summed E-state index contributed by atoms with van der Waals surface area (Å²) in [7, 11) is 0. The van der Waals surface area contributed by atoms with Gasteiger partial charge in [0.15, 0.2) is 23.3 Å². The molecule has 0 aliphatic carbocycles. The highest BCUT2D eigenvalue weighted by Gasteiger charge is 2.25. The van der Waals surface area contributed by atoms with Crippen LogP contribution in [0.4, 0.5) is 22.0 Å². The Morgan fingerprint density at radius 3 is 2.00 bits per heavy atom. The average molecular weight is 349 g/mol. The minimum atomic E-state index is -2.15. The van der Waals surface area contributed by atoms with E-state index in [9.17, 15) is 22.0 Å². The predicted octanol–water partition coefficient (Wildman–Crippen LogP) is 5.89. The lowest BCUT2D eigenvalue weighted by Crippen LogP contribution is -2.07. The molecule has 1 radical (unpaired) electrons. The molecule has 0 spiro atoms. The third-order valence-corrected chi connectivity index (χ3v) is 4.26. The van der Waals surface area contributed by atoms with Crippen molar-refractivity contribution in [2.45, 2.75) is 19.8 Å². The Bertz CT molecular complexity index is 917. The second-order valence-corrected chi connectivity index (χ2v) is 5.67. The van der Waals surface area contributed by atoms with Crippen molar-refractivity contribution < 1.29 is 22.0 Å². The van der Waals surface area contributed by atoms with Crippen LogP contribution < -0.4 is 0 Å². The van der Waals surface area contributed by atoms with Crippen molar-refractivity contribution in [1.82, 2.24) is 0 Å². The van der Waals surface area contributed by atoms with E-state index in [0.29, 0.717) is 6.42 Å². The topological polar surface area (TPSA) is 0 Å². The van der Waals surface area contributed by atoms with Gasteiger partial charge in [0.05, 0.1) is 0 Å². The number of aryl methyl sites for hydroxylation is 1. The van der Waals surface area contributed by atoms with Crippen molar-refractivity contribution >= 4 is 10.8 Å². The van der Waals surface area contributed by atoms with Gasteiger partial charge in [0.25, 0.3) is 0 Å². The van der Waals surface area contributed by atoms with Crippen molar-refractivity contribution in [3.05, 3.63) is 88.6 Å². The Balaban J connectivity index is 1.99. The number of benzene rings is 3. The third-order valence-electron chi connectivity index (χ3n) is 4.26. The van der Waals surface area contributed by atoms with Crippen molar-refractivity contribution in [2.75, 3.05) is 0 Å². The summed E-state index contributed by atoms with van der Waals surface area (Å²) in [5, 5.41) is 2.03. The SMILES string of the molecule is CCc1c(C[CH]c2c(F)c(F)c(F)c(F)c2F)ccc2ccccc12. The summed E-state index contributed by atoms with van der Waals surface area (Å²) in [6.45, 7) is 1.95. The van der Waals surface area contributed by atoms with E-state index in [0.717, 1.165) is 28.3 Å². The normalized spacial score (nSPS) is 11.3. The van der Waals surface area contributed by atoms with Gasteiger partial charge in [-0.1, -0.05) is 43.3 Å². The van der Waals surface area contributed by atoms with Crippen LogP contribution in [-0.4, -0.2) is 0 Å². The lowest BCUT2D eigenvalue weighted by Gasteiger charge is -2.13. The summed E-state index contributed by atoms with van der Waals surface area (Å²) in [5.74, 6) is -9.63. The molecule has 5 heteroatoms. The van der Waals surface area contributed by atoms with Gasteiger partial charge >= 0.3 is 0 Å². The van der Waals surface area contributed by atoms with E-state index in [4.69, 9.17) is 0 Å². The van der Waals surface area contributed by atoms with E-state index in [-0.39, 0.29) is 6.42 Å². The Labute approximate surface area is 141 Å². The maximum atomic E-state index is 13.8. The van der Waals surface area contributed by atoms with Crippen LogP contribution in [0.2, 0.25) is 0 Å². The van der Waals surface area contributed by atoms with Crippen LogP contribution in [0.1, 0.15) is 23.6 Å². The molecule has 3 aromatic carbocycles. The molecule has 0 fully saturated rings. The Hall–Kier alpha value is -2.43. The van der Waals surface area contributed by atoms with E-state index in [1.54, 1.807) is 0 Å². The predicted molar refractivity (Wildman–Crippen MR) is 86.7 cm³/mol. The summed E-state index contributed by atoms with van der Waals surface area (Å²) in [4.78, 5) is 0. The summed E-state index contributed by atoms with van der Waals surface area (Å²) in [5.41, 5.74) is 0.870. The van der Waals surface area contributed by atoms with Gasteiger partial charge in [-0.15, -0.1) is 0 Å². The van der Waals surface area contributed by atoms with Crippen LogP contribution in [0.25, 0.3) is 10.8 Å².